The number of rotatable bonds is 3. The maximum absolute atomic E-state index is 13.2. The third kappa shape index (κ3) is 2.49. The Balaban J connectivity index is 2.98. The Morgan fingerprint density at radius 1 is 1.54 bits per heavy atom. The fraction of sp³-hybridized carbons (Fsp3) is 0.333. The van der Waals surface area contributed by atoms with Gasteiger partial charge in [0.2, 0.25) is 0 Å². The van der Waals surface area contributed by atoms with Crippen LogP contribution >= 0.6 is 15.9 Å². The molecule has 1 aromatic rings. The van der Waals surface area contributed by atoms with Crippen molar-refractivity contribution < 1.29 is 9.50 Å². The molecule has 0 radical (unpaired) electrons. The van der Waals surface area contributed by atoms with Crippen LogP contribution in [0.4, 0.5) is 4.39 Å². The first kappa shape index (κ1) is 10.6. The monoisotopic (exact) mass is 247 g/mol. The normalized spacial score (nSPS) is 12.9. The number of aliphatic hydroxyl groups is 1. The standard InChI is InChI=1S/C9H11BrFNO/c10-6-2-1-3-7(11)9(6)8(12)4-5-13/h1-3,8,13H,4-5,12H2/t8-/m0/s1. The van der Waals surface area contributed by atoms with E-state index in [2.05, 4.69) is 15.9 Å². The van der Waals surface area contributed by atoms with Crippen molar-refractivity contribution in [3.63, 3.8) is 0 Å². The molecule has 0 unspecified atom stereocenters. The zero-order valence-electron chi connectivity index (χ0n) is 7.00. The van der Waals surface area contributed by atoms with Crippen molar-refractivity contribution in [2.24, 2.45) is 5.73 Å². The Morgan fingerprint density at radius 2 is 2.23 bits per heavy atom. The lowest BCUT2D eigenvalue weighted by Crippen LogP contribution is -2.14. The fourth-order valence-corrected chi connectivity index (χ4v) is 1.78. The summed E-state index contributed by atoms with van der Waals surface area (Å²) < 4.78 is 13.9. The lowest BCUT2D eigenvalue weighted by Gasteiger charge is -2.12. The lowest BCUT2D eigenvalue weighted by atomic mass is 10.0. The second-order valence-electron chi connectivity index (χ2n) is 2.75. The first-order chi connectivity index (χ1) is 6.16. The smallest absolute Gasteiger partial charge is 0.129 e. The molecule has 0 aliphatic carbocycles. The molecule has 0 aromatic heterocycles. The molecule has 3 N–H and O–H groups in total. The highest BCUT2D eigenvalue weighted by Crippen LogP contribution is 2.26. The van der Waals surface area contributed by atoms with Crippen molar-refractivity contribution in [1.82, 2.24) is 0 Å². The molecule has 0 fully saturated rings. The molecule has 0 bridgehead atoms. The summed E-state index contributed by atoms with van der Waals surface area (Å²) in [7, 11) is 0. The Hall–Kier alpha value is -0.450. The summed E-state index contributed by atoms with van der Waals surface area (Å²) in [6.07, 6.45) is 0.361. The summed E-state index contributed by atoms with van der Waals surface area (Å²) in [6.45, 7) is -0.0397. The number of hydrogen-bond acceptors (Lipinski definition) is 2. The van der Waals surface area contributed by atoms with Gasteiger partial charge >= 0.3 is 0 Å². The molecule has 1 atom stereocenters. The van der Waals surface area contributed by atoms with E-state index in [0.717, 1.165) is 0 Å². The van der Waals surface area contributed by atoms with E-state index in [1.165, 1.54) is 6.07 Å². The largest absolute Gasteiger partial charge is 0.396 e. The minimum absolute atomic E-state index is 0.0397. The summed E-state index contributed by atoms with van der Waals surface area (Å²) >= 11 is 3.22. The van der Waals surface area contributed by atoms with Gasteiger partial charge in [-0.3, -0.25) is 0 Å². The van der Waals surface area contributed by atoms with Crippen LogP contribution in [-0.4, -0.2) is 11.7 Å². The van der Waals surface area contributed by atoms with E-state index in [1.54, 1.807) is 12.1 Å². The Bertz CT molecular complexity index is 273. The third-order valence-electron chi connectivity index (χ3n) is 1.81. The van der Waals surface area contributed by atoms with Gasteiger partial charge < -0.3 is 10.8 Å². The van der Waals surface area contributed by atoms with Crippen molar-refractivity contribution in [3.8, 4) is 0 Å². The van der Waals surface area contributed by atoms with Crippen molar-refractivity contribution >= 4 is 15.9 Å². The van der Waals surface area contributed by atoms with Gasteiger partial charge in [0.15, 0.2) is 0 Å². The highest BCUT2D eigenvalue weighted by atomic mass is 79.9. The zero-order chi connectivity index (χ0) is 9.84. The number of aliphatic hydroxyl groups excluding tert-OH is 1. The average molecular weight is 248 g/mol. The third-order valence-corrected chi connectivity index (χ3v) is 2.50. The second-order valence-corrected chi connectivity index (χ2v) is 3.61. The van der Waals surface area contributed by atoms with E-state index < -0.39 is 6.04 Å². The van der Waals surface area contributed by atoms with Crippen molar-refractivity contribution in [1.29, 1.82) is 0 Å². The van der Waals surface area contributed by atoms with Gasteiger partial charge in [-0.05, 0) is 18.6 Å². The highest BCUT2D eigenvalue weighted by Gasteiger charge is 2.13. The van der Waals surface area contributed by atoms with E-state index >= 15 is 0 Å². The number of benzene rings is 1. The van der Waals surface area contributed by atoms with Crippen LogP contribution in [0, 0.1) is 5.82 Å². The highest BCUT2D eigenvalue weighted by molar-refractivity contribution is 9.10. The minimum Gasteiger partial charge on any atom is -0.396 e. The zero-order valence-corrected chi connectivity index (χ0v) is 8.59. The molecule has 0 aliphatic rings. The van der Waals surface area contributed by atoms with E-state index in [9.17, 15) is 4.39 Å². The van der Waals surface area contributed by atoms with Gasteiger partial charge in [-0.15, -0.1) is 0 Å². The lowest BCUT2D eigenvalue weighted by molar-refractivity contribution is 0.275. The molecule has 0 saturated heterocycles. The van der Waals surface area contributed by atoms with E-state index in [0.29, 0.717) is 16.5 Å². The quantitative estimate of drug-likeness (QED) is 0.858. The number of nitrogens with two attached hydrogens (primary N) is 1. The Morgan fingerprint density at radius 3 is 2.77 bits per heavy atom. The van der Waals surface area contributed by atoms with Crippen molar-refractivity contribution in [2.75, 3.05) is 6.61 Å². The first-order valence-electron chi connectivity index (χ1n) is 3.97. The molecular weight excluding hydrogens is 237 g/mol. The summed E-state index contributed by atoms with van der Waals surface area (Å²) in [6, 6.07) is 4.24. The summed E-state index contributed by atoms with van der Waals surface area (Å²) in [4.78, 5) is 0. The molecular formula is C9H11BrFNO. The van der Waals surface area contributed by atoms with E-state index in [-0.39, 0.29) is 12.4 Å². The predicted octanol–water partition coefficient (Wildman–Crippen LogP) is 1.97. The molecule has 4 heteroatoms. The van der Waals surface area contributed by atoms with Crippen LogP contribution in [0.5, 0.6) is 0 Å². The molecule has 72 valence electrons. The van der Waals surface area contributed by atoms with Gasteiger partial charge in [0.05, 0.1) is 0 Å². The molecule has 1 aromatic carbocycles. The summed E-state index contributed by atoms with van der Waals surface area (Å²) in [5, 5.41) is 8.66. The molecule has 0 saturated carbocycles. The van der Waals surface area contributed by atoms with Gasteiger partial charge in [-0.2, -0.15) is 0 Å². The molecule has 0 amide bonds. The van der Waals surface area contributed by atoms with Crippen LogP contribution in [0.2, 0.25) is 0 Å². The van der Waals surface area contributed by atoms with Gasteiger partial charge in [0, 0.05) is 22.7 Å². The van der Waals surface area contributed by atoms with Gasteiger partial charge in [-0.1, -0.05) is 22.0 Å². The van der Waals surface area contributed by atoms with Crippen molar-refractivity contribution in [2.45, 2.75) is 12.5 Å². The Labute approximate surface area is 84.7 Å². The summed E-state index contributed by atoms with van der Waals surface area (Å²) in [5.74, 6) is -0.338. The number of halogens is 2. The van der Waals surface area contributed by atoms with Crippen LogP contribution in [-0.2, 0) is 0 Å². The Kier molecular flexibility index (Phi) is 3.84. The maximum Gasteiger partial charge on any atom is 0.129 e. The van der Waals surface area contributed by atoms with Crippen molar-refractivity contribution in [3.05, 3.63) is 34.1 Å². The van der Waals surface area contributed by atoms with E-state index in [1.807, 2.05) is 0 Å². The van der Waals surface area contributed by atoms with Crippen LogP contribution in [0.3, 0.4) is 0 Å². The molecule has 0 heterocycles. The maximum atomic E-state index is 13.2. The molecule has 0 spiro atoms. The van der Waals surface area contributed by atoms with Crippen LogP contribution < -0.4 is 5.73 Å². The first-order valence-corrected chi connectivity index (χ1v) is 4.76. The fourth-order valence-electron chi connectivity index (χ4n) is 1.15. The minimum atomic E-state index is -0.458. The predicted molar refractivity (Wildman–Crippen MR) is 52.7 cm³/mol. The second kappa shape index (κ2) is 4.69. The van der Waals surface area contributed by atoms with Gasteiger partial charge in [0.25, 0.3) is 0 Å². The van der Waals surface area contributed by atoms with E-state index in [4.69, 9.17) is 10.8 Å². The SMILES string of the molecule is N[C@@H](CCO)c1c(F)cccc1Br. The molecule has 1 rings (SSSR count). The molecule has 0 aliphatic heterocycles. The van der Waals surface area contributed by atoms with Gasteiger partial charge in [-0.25, -0.2) is 4.39 Å². The summed E-state index contributed by atoms with van der Waals surface area (Å²) in [5.41, 5.74) is 6.10. The topological polar surface area (TPSA) is 46.2 Å². The molecule has 2 nitrogen and oxygen atoms in total. The van der Waals surface area contributed by atoms with Crippen LogP contribution in [0.1, 0.15) is 18.0 Å². The number of hydrogen-bond donors (Lipinski definition) is 2. The van der Waals surface area contributed by atoms with Crippen LogP contribution in [0.25, 0.3) is 0 Å². The average Bonchev–Trinajstić information content (AvgIpc) is 2.04. The van der Waals surface area contributed by atoms with Gasteiger partial charge in [0.1, 0.15) is 5.82 Å². The molecule has 13 heavy (non-hydrogen) atoms. The van der Waals surface area contributed by atoms with Crippen LogP contribution in [0.15, 0.2) is 22.7 Å².